The number of rotatable bonds is 5. The number of anilines is 1. The van der Waals surface area contributed by atoms with E-state index in [1.54, 1.807) is 11.0 Å². The Balaban J connectivity index is 2.05. The van der Waals surface area contributed by atoms with Crippen LogP contribution in [0.4, 0.5) is 5.69 Å². The summed E-state index contributed by atoms with van der Waals surface area (Å²) in [6.45, 7) is 4.37. The number of benzene rings is 2. The van der Waals surface area contributed by atoms with Crippen molar-refractivity contribution in [3.05, 3.63) is 72.3 Å². The van der Waals surface area contributed by atoms with Crippen molar-refractivity contribution >= 4 is 11.6 Å². The Morgan fingerprint density at radius 3 is 2.79 bits per heavy atom. The van der Waals surface area contributed by atoms with Crippen molar-refractivity contribution in [2.45, 2.75) is 6.17 Å². The molecule has 0 saturated heterocycles. The van der Waals surface area contributed by atoms with Crippen LogP contribution >= 0.6 is 0 Å². The summed E-state index contributed by atoms with van der Waals surface area (Å²) >= 11 is 0. The molecule has 1 aliphatic rings. The van der Waals surface area contributed by atoms with Gasteiger partial charge in [0.25, 0.3) is 5.91 Å². The second kappa shape index (κ2) is 6.93. The predicted molar refractivity (Wildman–Crippen MR) is 94.8 cm³/mol. The Kier molecular flexibility index (Phi) is 4.53. The number of amides is 1. The normalized spacial score (nSPS) is 15.9. The van der Waals surface area contributed by atoms with Gasteiger partial charge < -0.3 is 15.0 Å². The molecule has 1 N–H and O–H groups in total. The molecule has 4 nitrogen and oxygen atoms in total. The Morgan fingerprint density at radius 1 is 1.25 bits per heavy atom. The Labute approximate surface area is 141 Å². The molecule has 2 aromatic rings. The molecule has 1 atom stereocenters. The molecular formula is C20H18N2O2. The monoisotopic (exact) mass is 318 g/mol. The maximum atomic E-state index is 12.9. The number of carbonyl (C=O) groups is 1. The van der Waals surface area contributed by atoms with Crippen molar-refractivity contribution in [2.24, 2.45) is 0 Å². The van der Waals surface area contributed by atoms with Gasteiger partial charge in [0.1, 0.15) is 18.5 Å². The lowest BCUT2D eigenvalue weighted by molar-refractivity contribution is 0.0705. The smallest absolute Gasteiger partial charge is 0.258 e. The van der Waals surface area contributed by atoms with Crippen molar-refractivity contribution in [2.75, 3.05) is 18.5 Å². The molecule has 1 heterocycles. The highest BCUT2D eigenvalue weighted by Gasteiger charge is 2.33. The van der Waals surface area contributed by atoms with Crippen LogP contribution in [-0.2, 0) is 0 Å². The van der Waals surface area contributed by atoms with Crippen LogP contribution in [0.3, 0.4) is 0 Å². The summed E-state index contributed by atoms with van der Waals surface area (Å²) in [6, 6.07) is 15.1. The highest BCUT2D eigenvalue weighted by Crippen LogP contribution is 2.36. The first-order valence-electron chi connectivity index (χ1n) is 7.69. The van der Waals surface area contributed by atoms with Crippen LogP contribution in [0.15, 0.2) is 61.2 Å². The molecular weight excluding hydrogens is 300 g/mol. The van der Waals surface area contributed by atoms with Crippen LogP contribution < -0.4 is 10.1 Å². The molecule has 1 unspecified atom stereocenters. The number of hydrogen-bond donors (Lipinski definition) is 1. The molecule has 0 radical (unpaired) electrons. The van der Waals surface area contributed by atoms with E-state index in [2.05, 4.69) is 17.8 Å². The quantitative estimate of drug-likeness (QED) is 0.678. The molecule has 0 bridgehead atoms. The first-order valence-corrected chi connectivity index (χ1v) is 7.69. The van der Waals surface area contributed by atoms with E-state index >= 15 is 0 Å². The van der Waals surface area contributed by atoms with Gasteiger partial charge in [0.2, 0.25) is 0 Å². The lowest BCUT2D eigenvalue weighted by atomic mass is 10.0. The van der Waals surface area contributed by atoms with E-state index < -0.39 is 0 Å². The van der Waals surface area contributed by atoms with Gasteiger partial charge in [0, 0.05) is 17.8 Å². The number of terminal acetylenes is 1. The van der Waals surface area contributed by atoms with Crippen molar-refractivity contribution in [3.8, 4) is 18.1 Å². The zero-order valence-electron chi connectivity index (χ0n) is 13.2. The van der Waals surface area contributed by atoms with Gasteiger partial charge >= 0.3 is 0 Å². The summed E-state index contributed by atoms with van der Waals surface area (Å²) in [6.07, 6.45) is 6.66. The summed E-state index contributed by atoms with van der Waals surface area (Å²) in [5.74, 6) is 3.09. The van der Waals surface area contributed by atoms with E-state index in [4.69, 9.17) is 11.2 Å². The van der Waals surface area contributed by atoms with Crippen molar-refractivity contribution in [1.29, 1.82) is 0 Å². The minimum Gasteiger partial charge on any atom is -0.481 e. The third-order valence-corrected chi connectivity index (χ3v) is 3.87. The maximum absolute atomic E-state index is 12.9. The van der Waals surface area contributed by atoms with E-state index in [-0.39, 0.29) is 18.7 Å². The summed E-state index contributed by atoms with van der Waals surface area (Å²) in [5, 5.41) is 3.42. The summed E-state index contributed by atoms with van der Waals surface area (Å²) < 4.78 is 5.65. The molecule has 0 aromatic heterocycles. The number of hydrogen-bond acceptors (Lipinski definition) is 3. The van der Waals surface area contributed by atoms with Crippen molar-refractivity contribution in [1.82, 2.24) is 4.90 Å². The SMILES string of the molecule is C#CCOc1ccccc1C1Nc2ccccc2C(=O)N1CC=C. The van der Waals surface area contributed by atoms with Crippen molar-refractivity contribution < 1.29 is 9.53 Å². The molecule has 0 fully saturated rings. The predicted octanol–water partition coefficient (Wildman–Crippen LogP) is 3.45. The van der Waals surface area contributed by atoms with Crippen LogP contribution in [0.5, 0.6) is 5.75 Å². The Morgan fingerprint density at radius 2 is 2.00 bits per heavy atom. The van der Waals surface area contributed by atoms with Gasteiger partial charge in [-0.25, -0.2) is 0 Å². The van der Waals surface area contributed by atoms with Crippen LogP contribution in [0.25, 0.3) is 0 Å². The molecule has 24 heavy (non-hydrogen) atoms. The molecule has 1 aliphatic heterocycles. The minimum absolute atomic E-state index is 0.0407. The highest BCUT2D eigenvalue weighted by molar-refractivity contribution is 6.01. The molecule has 0 saturated carbocycles. The zero-order chi connectivity index (χ0) is 16.9. The summed E-state index contributed by atoms with van der Waals surface area (Å²) in [5.41, 5.74) is 2.31. The average molecular weight is 318 g/mol. The lowest BCUT2D eigenvalue weighted by Crippen LogP contribution is -2.43. The first kappa shape index (κ1) is 15.7. The second-order valence-corrected chi connectivity index (χ2v) is 5.37. The van der Waals surface area contributed by atoms with Gasteiger partial charge in [0.05, 0.1) is 5.56 Å². The second-order valence-electron chi connectivity index (χ2n) is 5.37. The fraction of sp³-hybridized carbons (Fsp3) is 0.150. The Bertz CT molecular complexity index is 807. The molecule has 1 amide bonds. The van der Waals surface area contributed by atoms with E-state index in [1.807, 2.05) is 48.5 Å². The molecule has 2 aromatic carbocycles. The van der Waals surface area contributed by atoms with Crippen LogP contribution in [0.1, 0.15) is 22.1 Å². The number of nitrogens with zero attached hydrogens (tertiary/aromatic N) is 1. The van der Waals surface area contributed by atoms with E-state index in [1.165, 1.54) is 0 Å². The topological polar surface area (TPSA) is 41.6 Å². The number of carbonyl (C=O) groups excluding carboxylic acids is 1. The van der Waals surface area contributed by atoms with Gasteiger partial charge in [-0.05, 0) is 18.2 Å². The maximum Gasteiger partial charge on any atom is 0.258 e. The molecule has 0 spiro atoms. The number of ether oxygens (including phenoxy) is 1. The third kappa shape index (κ3) is 2.84. The van der Waals surface area contributed by atoms with Gasteiger partial charge in [0.15, 0.2) is 0 Å². The van der Waals surface area contributed by atoms with Crippen LogP contribution in [0.2, 0.25) is 0 Å². The number of para-hydroxylation sites is 2. The van der Waals surface area contributed by atoms with E-state index in [0.717, 1.165) is 11.3 Å². The molecule has 120 valence electrons. The fourth-order valence-corrected chi connectivity index (χ4v) is 2.82. The third-order valence-electron chi connectivity index (χ3n) is 3.87. The fourth-order valence-electron chi connectivity index (χ4n) is 2.82. The average Bonchev–Trinajstić information content (AvgIpc) is 2.62. The minimum atomic E-state index is -0.348. The van der Waals surface area contributed by atoms with Crippen molar-refractivity contribution in [3.63, 3.8) is 0 Å². The molecule has 0 aliphatic carbocycles. The number of nitrogens with one attached hydrogen (secondary N) is 1. The van der Waals surface area contributed by atoms with Gasteiger partial charge in [-0.3, -0.25) is 4.79 Å². The first-order chi connectivity index (χ1) is 11.8. The molecule has 4 heteroatoms. The van der Waals surface area contributed by atoms with Crippen LogP contribution in [-0.4, -0.2) is 24.0 Å². The Hall–Kier alpha value is -3.19. The highest BCUT2D eigenvalue weighted by atomic mass is 16.5. The summed E-state index contributed by atoms with van der Waals surface area (Å²) in [7, 11) is 0. The van der Waals surface area contributed by atoms with Gasteiger partial charge in [-0.1, -0.05) is 42.3 Å². The van der Waals surface area contributed by atoms with Gasteiger partial charge in [-0.15, -0.1) is 13.0 Å². The zero-order valence-corrected chi connectivity index (χ0v) is 13.2. The van der Waals surface area contributed by atoms with Crippen LogP contribution in [0, 0.1) is 12.3 Å². The molecule has 3 rings (SSSR count). The van der Waals surface area contributed by atoms with E-state index in [0.29, 0.717) is 17.9 Å². The lowest BCUT2D eigenvalue weighted by Gasteiger charge is -2.38. The van der Waals surface area contributed by atoms with Gasteiger partial charge in [-0.2, -0.15) is 0 Å². The summed E-state index contributed by atoms with van der Waals surface area (Å²) in [4.78, 5) is 14.6. The van der Waals surface area contributed by atoms with E-state index in [9.17, 15) is 4.79 Å². The standard InChI is InChI=1S/C20H18N2O2/c1-3-13-22-19(16-10-6-8-12-18(16)24-14-4-2)21-17-11-7-5-9-15(17)20(22)23/h2-3,5-12,19,21H,1,13-14H2. The number of fused-ring (bicyclic) bond motifs is 1. The largest absolute Gasteiger partial charge is 0.481 e.